The number of esters is 1. The Bertz CT molecular complexity index is 590. The van der Waals surface area contributed by atoms with Gasteiger partial charge in [0.1, 0.15) is 5.65 Å². The maximum Gasteiger partial charge on any atom is 0.310 e. The van der Waals surface area contributed by atoms with Crippen molar-refractivity contribution in [3.05, 3.63) is 36.3 Å². The van der Waals surface area contributed by atoms with Crippen molar-refractivity contribution < 1.29 is 9.53 Å². The van der Waals surface area contributed by atoms with E-state index in [0.717, 1.165) is 43.8 Å². The van der Waals surface area contributed by atoms with Gasteiger partial charge in [-0.05, 0) is 38.4 Å². The second-order valence-corrected chi connectivity index (χ2v) is 5.52. The van der Waals surface area contributed by atoms with Crippen molar-refractivity contribution in [2.45, 2.75) is 26.3 Å². The molecule has 0 aliphatic carbocycles. The standard InChI is InChI=1S/C16H21N3O2/c1-2-21-16(20)13-6-5-8-18(10-13)11-14-12-19-9-4-3-7-15(19)17-14/h3-4,7,9,12-13H,2,5-6,8,10-11H2,1H3. The lowest BCUT2D eigenvalue weighted by Gasteiger charge is -2.30. The van der Waals surface area contributed by atoms with E-state index in [4.69, 9.17) is 4.74 Å². The summed E-state index contributed by atoms with van der Waals surface area (Å²) < 4.78 is 7.17. The number of carbonyl (C=O) groups is 1. The first-order valence-corrected chi connectivity index (χ1v) is 7.58. The van der Waals surface area contributed by atoms with Crippen LogP contribution in [0.25, 0.3) is 5.65 Å². The van der Waals surface area contributed by atoms with Gasteiger partial charge in [0, 0.05) is 25.5 Å². The van der Waals surface area contributed by atoms with E-state index in [1.54, 1.807) is 0 Å². The quantitative estimate of drug-likeness (QED) is 0.808. The molecule has 0 saturated carbocycles. The molecule has 0 amide bonds. The molecule has 0 radical (unpaired) electrons. The fourth-order valence-corrected chi connectivity index (χ4v) is 2.94. The second-order valence-electron chi connectivity index (χ2n) is 5.52. The number of likely N-dealkylation sites (tertiary alicyclic amines) is 1. The SMILES string of the molecule is CCOC(=O)C1CCCN(Cc2cn3ccccc3n2)C1. The molecule has 0 N–H and O–H groups in total. The summed E-state index contributed by atoms with van der Waals surface area (Å²) in [5.41, 5.74) is 2.01. The normalized spacial score (nSPS) is 19.8. The highest BCUT2D eigenvalue weighted by molar-refractivity contribution is 5.72. The Morgan fingerprint density at radius 1 is 1.48 bits per heavy atom. The van der Waals surface area contributed by atoms with E-state index in [1.165, 1.54) is 0 Å². The number of rotatable bonds is 4. The minimum Gasteiger partial charge on any atom is -0.466 e. The summed E-state index contributed by atoms with van der Waals surface area (Å²) in [6.45, 7) is 4.89. The average molecular weight is 287 g/mol. The van der Waals surface area contributed by atoms with Crippen LogP contribution in [0, 0.1) is 5.92 Å². The molecular weight excluding hydrogens is 266 g/mol. The van der Waals surface area contributed by atoms with E-state index in [0.29, 0.717) is 6.61 Å². The summed E-state index contributed by atoms with van der Waals surface area (Å²) in [5.74, 6) is -0.0482. The van der Waals surface area contributed by atoms with Crippen LogP contribution in [0.3, 0.4) is 0 Å². The smallest absolute Gasteiger partial charge is 0.310 e. The van der Waals surface area contributed by atoms with Crippen LogP contribution in [0.15, 0.2) is 30.6 Å². The van der Waals surface area contributed by atoms with Crippen LogP contribution in [0.4, 0.5) is 0 Å². The van der Waals surface area contributed by atoms with Gasteiger partial charge in [0.2, 0.25) is 0 Å². The lowest BCUT2D eigenvalue weighted by Crippen LogP contribution is -2.39. The molecule has 1 aliphatic rings. The summed E-state index contributed by atoms with van der Waals surface area (Å²) in [7, 11) is 0. The zero-order chi connectivity index (χ0) is 14.7. The number of hydrogen-bond donors (Lipinski definition) is 0. The molecule has 0 bridgehead atoms. The van der Waals surface area contributed by atoms with Crippen LogP contribution in [0.5, 0.6) is 0 Å². The van der Waals surface area contributed by atoms with Crippen LogP contribution in [-0.2, 0) is 16.1 Å². The van der Waals surface area contributed by atoms with Crippen molar-refractivity contribution in [2.24, 2.45) is 5.92 Å². The predicted molar refractivity (Wildman–Crippen MR) is 79.8 cm³/mol. The van der Waals surface area contributed by atoms with Crippen molar-refractivity contribution in [3.63, 3.8) is 0 Å². The summed E-state index contributed by atoms with van der Waals surface area (Å²) in [5, 5.41) is 0. The molecule has 0 spiro atoms. The Balaban J connectivity index is 1.65. The Labute approximate surface area is 124 Å². The maximum absolute atomic E-state index is 11.9. The van der Waals surface area contributed by atoms with Crippen molar-refractivity contribution in [1.29, 1.82) is 0 Å². The topological polar surface area (TPSA) is 46.8 Å². The van der Waals surface area contributed by atoms with E-state index < -0.39 is 0 Å². The number of nitrogens with zero attached hydrogens (tertiary/aromatic N) is 3. The molecule has 112 valence electrons. The molecule has 5 nitrogen and oxygen atoms in total. The molecule has 1 unspecified atom stereocenters. The molecule has 1 fully saturated rings. The molecule has 1 saturated heterocycles. The summed E-state index contributed by atoms with van der Waals surface area (Å²) in [6, 6.07) is 5.99. The third-order valence-electron chi connectivity index (χ3n) is 3.92. The molecule has 1 aliphatic heterocycles. The van der Waals surface area contributed by atoms with Gasteiger partial charge < -0.3 is 9.14 Å². The first kappa shape index (κ1) is 14.1. The van der Waals surface area contributed by atoms with Gasteiger partial charge in [-0.25, -0.2) is 4.98 Å². The van der Waals surface area contributed by atoms with Gasteiger partial charge in [-0.15, -0.1) is 0 Å². The molecule has 0 aromatic carbocycles. The number of hydrogen-bond acceptors (Lipinski definition) is 4. The van der Waals surface area contributed by atoms with Gasteiger partial charge in [0.25, 0.3) is 0 Å². The lowest BCUT2D eigenvalue weighted by molar-refractivity contribution is -0.150. The minimum atomic E-state index is -0.0581. The molecule has 3 rings (SSSR count). The highest BCUT2D eigenvalue weighted by Gasteiger charge is 2.27. The Morgan fingerprint density at radius 2 is 2.38 bits per heavy atom. The van der Waals surface area contributed by atoms with E-state index in [2.05, 4.69) is 16.1 Å². The monoisotopic (exact) mass is 287 g/mol. The van der Waals surface area contributed by atoms with Crippen LogP contribution in [0.2, 0.25) is 0 Å². The minimum absolute atomic E-state index is 0.00994. The summed E-state index contributed by atoms with van der Waals surface area (Å²) in [6.07, 6.45) is 6.03. The van der Waals surface area contributed by atoms with Gasteiger partial charge in [-0.3, -0.25) is 9.69 Å². The second kappa shape index (κ2) is 6.26. The number of fused-ring (bicyclic) bond motifs is 1. The number of imidazole rings is 1. The number of aromatic nitrogens is 2. The third-order valence-corrected chi connectivity index (χ3v) is 3.92. The summed E-state index contributed by atoms with van der Waals surface area (Å²) in [4.78, 5) is 18.8. The molecule has 21 heavy (non-hydrogen) atoms. The molecule has 2 aromatic heterocycles. The van der Waals surface area contributed by atoms with Gasteiger partial charge in [-0.1, -0.05) is 6.07 Å². The zero-order valence-electron chi connectivity index (χ0n) is 12.4. The van der Waals surface area contributed by atoms with Gasteiger partial charge in [0.15, 0.2) is 0 Å². The van der Waals surface area contributed by atoms with Gasteiger partial charge in [0.05, 0.1) is 18.2 Å². The molecule has 1 atom stereocenters. The Hall–Kier alpha value is -1.88. The Morgan fingerprint density at radius 3 is 3.19 bits per heavy atom. The van der Waals surface area contributed by atoms with E-state index in [1.807, 2.05) is 35.7 Å². The molecular formula is C16H21N3O2. The first-order chi connectivity index (χ1) is 10.3. The van der Waals surface area contributed by atoms with Gasteiger partial charge >= 0.3 is 5.97 Å². The van der Waals surface area contributed by atoms with Crippen LogP contribution in [-0.4, -0.2) is 40.0 Å². The lowest BCUT2D eigenvalue weighted by atomic mass is 9.98. The van der Waals surface area contributed by atoms with E-state index in [-0.39, 0.29) is 11.9 Å². The van der Waals surface area contributed by atoms with Crippen molar-refractivity contribution in [2.75, 3.05) is 19.7 Å². The van der Waals surface area contributed by atoms with Crippen LogP contribution < -0.4 is 0 Å². The van der Waals surface area contributed by atoms with E-state index in [9.17, 15) is 4.79 Å². The largest absolute Gasteiger partial charge is 0.466 e. The van der Waals surface area contributed by atoms with Crippen molar-refractivity contribution in [3.8, 4) is 0 Å². The van der Waals surface area contributed by atoms with Crippen molar-refractivity contribution in [1.82, 2.24) is 14.3 Å². The average Bonchev–Trinajstić information content (AvgIpc) is 2.90. The fourth-order valence-electron chi connectivity index (χ4n) is 2.94. The third kappa shape index (κ3) is 3.24. The highest BCUT2D eigenvalue weighted by Crippen LogP contribution is 2.19. The summed E-state index contributed by atoms with van der Waals surface area (Å²) >= 11 is 0. The van der Waals surface area contributed by atoms with Gasteiger partial charge in [-0.2, -0.15) is 0 Å². The number of pyridine rings is 1. The first-order valence-electron chi connectivity index (χ1n) is 7.58. The predicted octanol–water partition coefficient (Wildman–Crippen LogP) is 2.11. The Kier molecular flexibility index (Phi) is 4.20. The van der Waals surface area contributed by atoms with E-state index >= 15 is 0 Å². The molecule has 2 aromatic rings. The van der Waals surface area contributed by atoms with Crippen LogP contribution in [0.1, 0.15) is 25.5 Å². The van der Waals surface area contributed by atoms with Crippen LogP contribution >= 0.6 is 0 Å². The highest BCUT2D eigenvalue weighted by atomic mass is 16.5. The molecule has 5 heteroatoms. The fraction of sp³-hybridized carbons (Fsp3) is 0.500. The number of ether oxygens (including phenoxy) is 1. The number of piperidine rings is 1. The zero-order valence-corrected chi connectivity index (χ0v) is 12.4. The number of carbonyl (C=O) groups excluding carboxylic acids is 1. The molecule has 3 heterocycles. The van der Waals surface area contributed by atoms with Crippen molar-refractivity contribution >= 4 is 11.6 Å². The maximum atomic E-state index is 11.9.